The molecule has 1 aliphatic heterocycles. The van der Waals surface area contributed by atoms with Crippen LogP contribution in [0.4, 0.5) is 0 Å². The van der Waals surface area contributed by atoms with Gasteiger partial charge in [0.05, 0.1) is 0 Å². The van der Waals surface area contributed by atoms with E-state index >= 15 is 0 Å². The van der Waals surface area contributed by atoms with E-state index in [1.54, 1.807) is 20.8 Å². The lowest BCUT2D eigenvalue weighted by Crippen LogP contribution is -2.38. The van der Waals surface area contributed by atoms with Gasteiger partial charge in [-0.2, -0.15) is 0 Å². The van der Waals surface area contributed by atoms with Crippen LogP contribution in [-0.2, 0) is 14.3 Å². The van der Waals surface area contributed by atoms with Gasteiger partial charge in [-0.25, -0.2) is 0 Å². The molecule has 4 heteroatoms. The summed E-state index contributed by atoms with van der Waals surface area (Å²) >= 11 is 0. The first kappa shape index (κ1) is 13.7. The molecule has 17 heavy (non-hydrogen) atoms. The summed E-state index contributed by atoms with van der Waals surface area (Å²) in [4.78, 5) is 25.5. The van der Waals surface area contributed by atoms with Gasteiger partial charge in [0.2, 0.25) is 5.91 Å². The van der Waals surface area contributed by atoms with E-state index in [-0.39, 0.29) is 5.91 Å². The lowest BCUT2D eigenvalue weighted by molar-refractivity contribution is -0.164. The second-order valence-corrected chi connectivity index (χ2v) is 5.30. The lowest BCUT2D eigenvalue weighted by atomic mass is 10.0. The highest BCUT2D eigenvalue weighted by Gasteiger charge is 2.34. The number of ether oxygens (including phenoxy) is 1. The summed E-state index contributed by atoms with van der Waals surface area (Å²) in [5.41, 5.74) is -0.553. The predicted octanol–water partition coefficient (Wildman–Crippen LogP) is 2.10. The quantitative estimate of drug-likeness (QED) is 0.547. The van der Waals surface area contributed by atoms with E-state index < -0.39 is 17.5 Å². The van der Waals surface area contributed by atoms with E-state index in [0.29, 0.717) is 13.0 Å². The van der Waals surface area contributed by atoms with Gasteiger partial charge in [0.15, 0.2) is 0 Å². The van der Waals surface area contributed by atoms with Crippen molar-refractivity contribution < 1.29 is 14.3 Å². The van der Waals surface area contributed by atoms with Crippen LogP contribution < -0.4 is 0 Å². The Kier molecular flexibility index (Phi) is 4.32. The zero-order chi connectivity index (χ0) is 13.1. The van der Waals surface area contributed by atoms with Crippen molar-refractivity contribution in [3.63, 3.8) is 0 Å². The number of hydrogen-bond donors (Lipinski definition) is 0. The first-order valence-electron chi connectivity index (χ1n) is 6.01. The fourth-order valence-corrected chi connectivity index (χ4v) is 1.84. The normalized spacial score (nSPS) is 21.9. The molecule has 0 saturated carbocycles. The van der Waals surface area contributed by atoms with Crippen molar-refractivity contribution in [2.45, 2.75) is 45.6 Å². The summed E-state index contributed by atoms with van der Waals surface area (Å²) in [6, 6.07) is 0. The molecule has 0 aliphatic carbocycles. The fourth-order valence-electron chi connectivity index (χ4n) is 1.84. The van der Waals surface area contributed by atoms with Gasteiger partial charge < -0.3 is 9.64 Å². The Labute approximate surface area is 103 Å². The Hall–Kier alpha value is -1.32. The highest BCUT2D eigenvalue weighted by Crippen LogP contribution is 2.21. The lowest BCUT2D eigenvalue weighted by Gasteiger charge is -2.24. The molecule has 4 nitrogen and oxygen atoms in total. The van der Waals surface area contributed by atoms with Gasteiger partial charge in [0, 0.05) is 6.54 Å². The maximum Gasteiger partial charge on any atom is 0.319 e. The Bertz CT molecular complexity index is 317. The monoisotopic (exact) mass is 239 g/mol. The Morgan fingerprint density at radius 1 is 1.47 bits per heavy atom. The predicted molar refractivity (Wildman–Crippen MR) is 65.1 cm³/mol. The van der Waals surface area contributed by atoms with Crippen LogP contribution >= 0.6 is 0 Å². The third-order valence-electron chi connectivity index (χ3n) is 2.63. The molecule has 0 aromatic carbocycles. The summed E-state index contributed by atoms with van der Waals surface area (Å²) in [5.74, 6) is -1.28. The molecule has 1 unspecified atom stereocenters. The number of rotatable bonds is 2. The van der Waals surface area contributed by atoms with Crippen LogP contribution in [0.15, 0.2) is 12.8 Å². The van der Waals surface area contributed by atoms with Gasteiger partial charge in [0.1, 0.15) is 11.5 Å². The number of amides is 1. The molecule has 1 amide bonds. The third-order valence-corrected chi connectivity index (χ3v) is 2.63. The number of esters is 1. The number of nitrogens with zero attached hydrogens (tertiary/aromatic N) is 1. The van der Waals surface area contributed by atoms with Crippen LogP contribution in [0.1, 0.15) is 40.0 Å². The standard InChI is InChI=1S/C13H21NO3/c1-5-14-9-7-6-8-10(11(14)15)12(16)17-13(2,3)4/h5,10H,1,6-9H2,2-4H3. The van der Waals surface area contributed by atoms with Gasteiger partial charge in [-0.05, 0) is 39.8 Å². The molecule has 1 rings (SSSR count). The van der Waals surface area contributed by atoms with Crippen molar-refractivity contribution in [3.05, 3.63) is 12.8 Å². The second-order valence-electron chi connectivity index (χ2n) is 5.30. The summed E-state index contributed by atoms with van der Waals surface area (Å²) in [6.45, 7) is 9.65. The molecule has 1 atom stereocenters. The molecule has 0 radical (unpaired) electrons. The van der Waals surface area contributed by atoms with Crippen LogP contribution in [-0.4, -0.2) is 28.9 Å². The van der Waals surface area contributed by atoms with E-state index in [1.165, 1.54) is 11.1 Å². The Balaban J connectivity index is 2.76. The molecule has 1 heterocycles. The van der Waals surface area contributed by atoms with Crippen LogP contribution in [0.5, 0.6) is 0 Å². The minimum atomic E-state index is -0.672. The smallest absolute Gasteiger partial charge is 0.319 e. The van der Waals surface area contributed by atoms with Gasteiger partial charge in [-0.3, -0.25) is 9.59 Å². The Morgan fingerprint density at radius 2 is 2.12 bits per heavy atom. The average molecular weight is 239 g/mol. The van der Waals surface area contributed by atoms with Crippen molar-refractivity contribution >= 4 is 11.9 Å². The van der Waals surface area contributed by atoms with Gasteiger partial charge >= 0.3 is 5.97 Å². The number of carbonyl (C=O) groups is 2. The van der Waals surface area contributed by atoms with Crippen LogP contribution in [0.3, 0.4) is 0 Å². The zero-order valence-electron chi connectivity index (χ0n) is 10.9. The second kappa shape index (κ2) is 5.34. The van der Waals surface area contributed by atoms with E-state index in [1.807, 2.05) is 0 Å². The summed E-state index contributed by atoms with van der Waals surface area (Å²) < 4.78 is 5.28. The zero-order valence-corrected chi connectivity index (χ0v) is 10.9. The summed E-state index contributed by atoms with van der Waals surface area (Å²) in [7, 11) is 0. The van der Waals surface area contributed by atoms with Crippen molar-refractivity contribution in [1.29, 1.82) is 0 Å². The molecule has 1 saturated heterocycles. The van der Waals surface area contributed by atoms with Gasteiger partial charge in [0.25, 0.3) is 0 Å². The van der Waals surface area contributed by atoms with Gasteiger partial charge in [-0.15, -0.1) is 0 Å². The molecule has 0 aromatic rings. The summed E-state index contributed by atoms with van der Waals surface area (Å²) in [6.07, 6.45) is 3.82. The molecule has 0 N–H and O–H groups in total. The molecule has 0 spiro atoms. The van der Waals surface area contributed by atoms with E-state index in [0.717, 1.165) is 12.8 Å². The minimum absolute atomic E-state index is 0.188. The van der Waals surface area contributed by atoms with Crippen molar-refractivity contribution in [2.75, 3.05) is 6.54 Å². The van der Waals surface area contributed by atoms with Crippen LogP contribution in [0, 0.1) is 5.92 Å². The topological polar surface area (TPSA) is 46.6 Å². The molecule has 96 valence electrons. The first-order chi connectivity index (χ1) is 7.85. The average Bonchev–Trinajstić information content (AvgIpc) is 2.37. The van der Waals surface area contributed by atoms with Gasteiger partial charge in [-0.1, -0.05) is 13.0 Å². The molecule has 1 fully saturated rings. The SMILES string of the molecule is C=CN1CCCCC(C(=O)OC(C)(C)C)C1=O. The molecular formula is C13H21NO3. The molecule has 1 aliphatic rings. The van der Waals surface area contributed by atoms with Crippen LogP contribution in [0.2, 0.25) is 0 Å². The minimum Gasteiger partial charge on any atom is -0.459 e. The highest BCUT2D eigenvalue weighted by atomic mass is 16.6. The summed E-state index contributed by atoms with van der Waals surface area (Å²) in [5, 5.41) is 0. The van der Waals surface area contributed by atoms with Crippen molar-refractivity contribution in [3.8, 4) is 0 Å². The van der Waals surface area contributed by atoms with Crippen molar-refractivity contribution in [2.24, 2.45) is 5.92 Å². The largest absolute Gasteiger partial charge is 0.459 e. The van der Waals surface area contributed by atoms with Crippen LogP contribution in [0.25, 0.3) is 0 Å². The number of hydrogen-bond acceptors (Lipinski definition) is 3. The van der Waals surface area contributed by atoms with Crippen molar-refractivity contribution in [1.82, 2.24) is 4.90 Å². The third kappa shape index (κ3) is 3.88. The Morgan fingerprint density at radius 3 is 2.65 bits per heavy atom. The number of carbonyl (C=O) groups excluding carboxylic acids is 2. The van der Waals surface area contributed by atoms with E-state index in [9.17, 15) is 9.59 Å². The fraction of sp³-hybridized carbons (Fsp3) is 0.692. The highest BCUT2D eigenvalue weighted by molar-refractivity contribution is 5.98. The molecule has 0 bridgehead atoms. The molecule has 0 aromatic heterocycles. The number of likely N-dealkylation sites (tertiary alicyclic amines) is 1. The maximum atomic E-state index is 12.1. The molecular weight excluding hydrogens is 218 g/mol. The van der Waals surface area contributed by atoms with E-state index in [4.69, 9.17) is 4.74 Å². The first-order valence-corrected chi connectivity index (χ1v) is 6.01. The van der Waals surface area contributed by atoms with E-state index in [2.05, 4.69) is 6.58 Å². The maximum absolute atomic E-state index is 12.1.